The highest BCUT2D eigenvalue weighted by Gasteiger charge is 2.15. The quantitative estimate of drug-likeness (QED) is 0.547. The third-order valence-electron chi connectivity index (χ3n) is 3.63. The molecule has 0 amide bonds. The summed E-state index contributed by atoms with van der Waals surface area (Å²) in [5.41, 5.74) is 6.20. The van der Waals surface area contributed by atoms with Gasteiger partial charge in [0.1, 0.15) is 0 Å². The van der Waals surface area contributed by atoms with Gasteiger partial charge >= 0.3 is 5.97 Å². The van der Waals surface area contributed by atoms with E-state index in [1.165, 1.54) is 41.8 Å². The third kappa shape index (κ3) is 2.76. The number of hydrogen-bond acceptors (Lipinski definition) is 3. The van der Waals surface area contributed by atoms with Gasteiger partial charge in [0.2, 0.25) is 0 Å². The Bertz CT molecular complexity index is 736. The number of H-pyrrole nitrogens is 1. The van der Waals surface area contributed by atoms with Crippen molar-refractivity contribution in [2.75, 3.05) is 7.11 Å². The summed E-state index contributed by atoms with van der Waals surface area (Å²) in [5, 5.41) is 6.06. The molecule has 4 nitrogen and oxygen atoms in total. The number of aromatic nitrogens is 2. The topological polar surface area (TPSA) is 55.0 Å². The molecular weight excluding hydrogens is 276 g/mol. The highest BCUT2D eigenvalue weighted by Crippen LogP contribution is 2.35. The van der Waals surface area contributed by atoms with Crippen LogP contribution in [0.5, 0.6) is 0 Å². The number of rotatable bonds is 1. The van der Waals surface area contributed by atoms with Gasteiger partial charge in [0.05, 0.1) is 18.9 Å². The Hall–Kier alpha value is -2.88. The van der Waals surface area contributed by atoms with Gasteiger partial charge < -0.3 is 4.74 Å². The number of hydrogen-bond donors (Lipinski definition) is 1. The average molecular weight is 292 g/mol. The molecule has 1 heterocycles. The molecule has 4 rings (SSSR count). The fourth-order valence-corrected chi connectivity index (χ4v) is 2.56. The summed E-state index contributed by atoms with van der Waals surface area (Å²) >= 11 is 0. The zero-order chi connectivity index (χ0) is 15.4. The predicted molar refractivity (Wildman–Crippen MR) is 84.6 cm³/mol. The van der Waals surface area contributed by atoms with E-state index in [9.17, 15) is 4.79 Å². The van der Waals surface area contributed by atoms with E-state index < -0.39 is 0 Å². The predicted octanol–water partition coefficient (Wildman–Crippen LogP) is 3.45. The van der Waals surface area contributed by atoms with Crippen LogP contribution in [0, 0.1) is 0 Å². The molecule has 2 aromatic carbocycles. The normalized spacial score (nSPS) is 11.0. The van der Waals surface area contributed by atoms with Crippen LogP contribution in [0.15, 0.2) is 60.9 Å². The molecule has 1 aliphatic rings. The summed E-state index contributed by atoms with van der Waals surface area (Å²) < 4.78 is 4.40. The maximum absolute atomic E-state index is 10.6. The van der Waals surface area contributed by atoms with E-state index in [1.54, 1.807) is 0 Å². The monoisotopic (exact) mass is 292 g/mol. The van der Waals surface area contributed by atoms with E-state index in [1.807, 2.05) is 0 Å². The molecule has 0 saturated heterocycles. The van der Waals surface area contributed by atoms with Gasteiger partial charge in [-0.3, -0.25) is 5.10 Å². The summed E-state index contributed by atoms with van der Waals surface area (Å²) in [6.07, 6.45) is 3.99. The van der Waals surface area contributed by atoms with Gasteiger partial charge in [-0.2, -0.15) is 5.10 Å². The van der Waals surface area contributed by atoms with Crippen molar-refractivity contribution in [1.82, 2.24) is 10.2 Å². The van der Waals surface area contributed by atoms with E-state index in [4.69, 9.17) is 0 Å². The lowest BCUT2D eigenvalue weighted by Gasteiger charge is -1.98. The van der Waals surface area contributed by atoms with Gasteiger partial charge in [0.15, 0.2) is 0 Å². The van der Waals surface area contributed by atoms with Gasteiger partial charge in [0.25, 0.3) is 0 Å². The molecule has 1 aromatic heterocycles. The van der Waals surface area contributed by atoms with E-state index in [-0.39, 0.29) is 5.97 Å². The van der Waals surface area contributed by atoms with Crippen LogP contribution in [-0.2, 0) is 11.2 Å². The van der Waals surface area contributed by atoms with Crippen LogP contribution >= 0.6 is 0 Å². The number of nitrogens with one attached hydrogen (secondary N) is 1. The molecule has 0 fully saturated rings. The summed E-state index contributed by atoms with van der Waals surface area (Å²) in [7, 11) is 1.33. The van der Waals surface area contributed by atoms with Crippen LogP contribution < -0.4 is 0 Å². The van der Waals surface area contributed by atoms with Crippen LogP contribution in [0.2, 0.25) is 0 Å². The largest absolute Gasteiger partial charge is 0.465 e. The van der Waals surface area contributed by atoms with E-state index in [2.05, 4.69) is 63.5 Å². The fraction of sp³-hybridized carbons (Fsp3) is 0.111. The summed E-state index contributed by atoms with van der Waals surface area (Å²) in [6, 6.07) is 17.3. The third-order valence-corrected chi connectivity index (χ3v) is 3.63. The maximum Gasteiger partial charge on any atom is 0.341 e. The number of fused-ring (bicyclic) bond motifs is 3. The number of esters is 1. The Kier molecular flexibility index (Phi) is 4.01. The SMILES string of the molecule is COC(=O)c1cn[nH]c1.c1ccc2c(c1)Cc1ccccc1-2. The molecule has 0 saturated carbocycles. The molecule has 1 N–H and O–H groups in total. The first-order chi connectivity index (χ1) is 10.8. The van der Waals surface area contributed by atoms with Crippen LogP contribution in [0.1, 0.15) is 21.5 Å². The zero-order valence-electron chi connectivity index (χ0n) is 12.2. The van der Waals surface area contributed by atoms with Crippen LogP contribution in [0.3, 0.4) is 0 Å². The number of carbonyl (C=O) groups is 1. The summed E-state index contributed by atoms with van der Waals surface area (Å²) in [5.74, 6) is -0.372. The number of methoxy groups -OCH3 is 1. The molecule has 110 valence electrons. The minimum absolute atomic E-state index is 0.372. The molecule has 1 aliphatic carbocycles. The van der Waals surface area contributed by atoms with Gasteiger partial charge in [-0.1, -0.05) is 48.5 Å². The lowest BCUT2D eigenvalue weighted by Crippen LogP contribution is -1.98. The Morgan fingerprint density at radius 3 is 2.14 bits per heavy atom. The standard InChI is InChI=1S/C13H10.C5H6N2O2/c1-3-7-12-10(5-1)9-11-6-2-4-8-13(11)12;1-9-5(8)4-2-6-7-3-4/h1-8H,9H2;2-3H,1H3,(H,6,7). The van der Waals surface area contributed by atoms with Crippen molar-refractivity contribution in [2.45, 2.75) is 6.42 Å². The molecule has 0 spiro atoms. The molecule has 0 atom stereocenters. The van der Waals surface area contributed by atoms with Crippen LogP contribution in [0.4, 0.5) is 0 Å². The van der Waals surface area contributed by atoms with E-state index in [0.29, 0.717) is 5.56 Å². The highest BCUT2D eigenvalue weighted by atomic mass is 16.5. The second kappa shape index (κ2) is 6.26. The van der Waals surface area contributed by atoms with Crippen molar-refractivity contribution >= 4 is 5.97 Å². The van der Waals surface area contributed by atoms with Gasteiger partial charge in [-0.05, 0) is 28.7 Å². The molecular formula is C18H16N2O2. The van der Waals surface area contributed by atoms with Gasteiger partial charge in [0, 0.05) is 6.20 Å². The first-order valence-corrected chi connectivity index (χ1v) is 7.03. The minimum atomic E-state index is -0.372. The average Bonchev–Trinajstić information content (AvgIpc) is 3.22. The summed E-state index contributed by atoms with van der Waals surface area (Å²) in [6.45, 7) is 0. The smallest absolute Gasteiger partial charge is 0.341 e. The van der Waals surface area contributed by atoms with E-state index in [0.717, 1.165) is 6.42 Å². The first-order valence-electron chi connectivity index (χ1n) is 7.03. The lowest BCUT2D eigenvalue weighted by atomic mass is 10.1. The van der Waals surface area contributed by atoms with Crippen LogP contribution in [0.25, 0.3) is 11.1 Å². The summed E-state index contributed by atoms with van der Waals surface area (Å²) in [4.78, 5) is 10.6. The number of benzene rings is 2. The van der Waals surface area contributed by atoms with Gasteiger partial charge in [-0.25, -0.2) is 4.79 Å². The molecule has 3 aromatic rings. The van der Waals surface area contributed by atoms with E-state index >= 15 is 0 Å². The molecule has 0 radical (unpaired) electrons. The van der Waals surface area contributed by atoms with Crippen molar-refractivity contribution in [1.29, 1.82) is 0 Å². The Morgan fingerprint density at radius 2 is 1.64 bits per heavy atom. The zero-order valence-corrected chi connectivity index (χ0v) is 12.2. The van der Waals surface area contributed by atoms with Crippen molar-refractivity contribution < 1.29 is 9.53 Å². The second-order valence-corrected chi connectivity index (χ2v) is 4.97. The molecule has 0 aliphatic heterocycles. The highest BCUT2D eigenvalue weighted by molar-refractivity contribution is 5.88. The molecule has 4 heteroatoms. The Morgan fingerprint density at radius 1 is 1.05 bits per heavy atom. The van der Waals surface area contributed by atoms with Crippen LogP contribution in [-0.4, -0.2) is 23.3 Å². The van der Waals surface area contributed by atoms with Crippen molar-refractivity contribution in [3.05, 3.63) is 77.6 Å². The van der Waals surface area contributed by atoms with Gasteiger partial charge in [-0.15, -0.1) is 0 Å². The number of carbonyl (C=O) groups excluding carboxylic acids is 1. The number of nitrogens with zero attached hydrogens (tertiary/aromatic N) is 1. The Balaban J connectivity index is 0.000000142. The van der Waals surface area contributed by atoms with Crippen molar-refractivity contribution in [3.8, 4) is 11.1 Å². The lowest BCUT2D eigenvalue weighted by molar-refractivity contribution is 0.0601. The number of aromatic amines is 1. The second-order valence-electron chi connectivity index (χ2n) is 4.97. The molecule has 0 unspecified atom stereocenters. The maximum atomic E-state index is 10.6. The first kappa shape index (κ1) is 14.1. The molecule has 0 bridgehead atoms. The minimum Gasteiger partial charge on any atom is -0.465 e. The molecule has 22 heavy (non-hydrogen) atoms. The van der Waals surface area contributed by atoms with Crippen molar-refractivity contribution in [3.63, 3.8) is 0 Å². The number of ether oxygens (including phenoxy) is 1. The van der Waals surface area contributed by atoms with Crippen molar-refractivity contribution in [2.24, 2.45) is 0 Å². The fourth-order valence-electron chi connectivity index (χ4n) is 2.56. The Labute approximate surface area is 128 Å².